The number of carbonyl (C=O) groups excluding carboxylic acids is 2. The van der Waals surface area contributed by atoms with E-state index in [-0.39, 0.29) is 29.0 Å². The van der Waals surface area contributed by atoms with Gasteiger partial charge in [0.15, 0.2) is 11.6 Å². The van der Waals surface area contributed by atoms with Gasteiger partial charge in [-0.05, 0) is 62.5 Å². The van der Waals surface area contributed by atoms with Crippen molar-refractivity contribution in [3.63, 3.8) is 0 Å². The molecule has 164 valence electrons. The summed E-state index contributed by atoms with van der Waals surface area (Å²) in [5.74, 6) is -0.521. The molecule has 0 saturated heterocycles. The lowest BCUT2D eigenvalue weighted by Gasteiger charge is -2.53. The van der Waals surface area contributed by atoms with Crippen molar-refractivity contribution in [3.05, 3.63) is 35.5 Å². The van der Waals surface area contributed by atoms with Crippen molar-refractivity contribution in [1.82, 2.24) is 0 Å². The Bertz CT molecular complexity index is 1000. The molecule has 4 aliphatic carbocycles. The number of rotatable bonds is 4. The number of Topliss-reactive ketones (excluding diaryl/α,β-unsaturated/α-hetero) is 1. The number of ketones is 2. The molecule has 30 heavy (non-hydrogen) atoms. The first-order valence-electron chi connectivity index (χ1n) is 10.6. The minimum absolute atomic E-state index is 0.0301. The quantitative estimate of drug-likeness (QED) is 0.540. The summed E-state index contributed by atoms with van der Waals surface area (Å²) in [4.78, 5) is 24.9. The van der Waals surface area contributed by atoms with Crippen LogP contribution in [-0.2, 0) is 23.9 Å². The van der Waals surface area contributed by atoms with Gasteiger partial charge in [-0.1, -0.05) is 37.1 Å². The topological polar surface area (TPSA) is 97.7 Å². The summed E-state index contributed by atoms with van der Waals surface area (Å²) in [5.41, 5.74) is -0.196. The van der Waals surface area contributed by atoms with Crippen LogP contribution in [0.25, 0.3) is 0 Å². The number of aliphatic hydroxyl groups is 1. The molecule has 0 aromatic rings. The van der Waals surface area contributed by atoms with E-state index in [0.29, 0.717) is 12.8 Å². The molecule has 0 amide bonds. The highest BCUT2D eigenvalue weighted by molar-refractivity contribution is 7.86. The van der Waals surface area contributed by atoms with Crippen LogP contribution in [0.3, 0.4) is 0 Å². The first-order valence-corrected chi connectivity index (χ1v) is 12.4. The molecule has 6 atom stereocenters. The molecule has 0 aromatic heterocycles. The monoisotopic (exact) mass is 434 g/mol. The van der Waals surface area contributed by atoms with Crippen LogP contribution in [0.5, 0.6) is 0 Å². The summed E-state index contributed by atoms with van der Waals surface area (Å²) < 4.78 is 27.5. The Balaban J connectivity index is 1.70. The summed E-state index contributed by atoms with van der Waals surface area (Å²) in [6, 6.07) is 0. The molecule has 0 bridgehead atoms. The van der Waals surface area contributed by atoms with Gasteiger partial charge in [0.1, 0.15) is 12.2 Å². The third-order valence-corrected chi connectivity index (χ3v) is 8.90. The van der Waals surface area contributed by atoms with E-state index in [1.807, 2.05) is 19.9 Å². The molecule has 0 aromatic carbocycles. The van der Waals surface area contributed by atoms with Crippen LogP contribution in [-0.4, -0.2) is 43.6 Å². The number of fused-ring (bicyclic) bond motifs is 5. The van der Waals surface area contributed by atoms with E-state index in [2.05, 4.69) is 13.0 Å². The van der Waals surface area contributed by atoms with Gasteiger partial charge < -0.3 is 5.11 Å². The minimum Gasteiger partial charge on any atom is -0.381 e. The zero-order valence-electron chi connectivity index (χ0n) is 18.0. The Labute approximate surface area is 178 Å². The van der Waals surface area contributed by atoms with Crippen LogP contribution >= 0.6 is 0 Å². The molecular weight excluding hydrogens is 404 g/mol. The van der Waals surface area contributed by atoms with Crippen LogP contribution in [0, 0.1) is 28.6 Å². The molecule has 0 unspecified atom stereocenters. The molecule has 0 spiro atoms. The molecule has 1 N–H and O–H groups in total. The molecule has 4 rings (SSSR count). The van der Waals surface area contributed by atoms with E-state index >= 15 is 0 Å². The number of hydrogen-bond donors (Lipinski definition) is 1. The molecule has 0 aliphatic heterocycles. The maximum atomic E-state index is 13.1. The molecule has 6 nitrogen and oxygen atoms in total. The van der Waals surface area contributed by atoms with Gasteiger partial charge in [0.25, 0.3) is 10.1 Å². The highest BCUT2D eigenvalue weighted by Gasteiger charge is 2.67. The van der Waals surface area contributed by atoms with Gasteiger partial charge in [-0.25, -0.2) is 0 Å². The fourth-order valence-electron chi connectivity index (χ4n) is 6.73. The molecular formula is C23H30O6S. The lowest BCUT2D eigenvalue weighted by molar-refractivity contribution is -0.160. The average Bonchev–Trinajstić information content (AvgIpc) is 2.87. The maximum Gasteiger partial charge on any atom is 0.264 e. The fraction of sp³-hybridized carbons (Fsp3) is 0.652. The van der Waals surface area contributed by atoms with Crippen LogP contribution in [0.1, 0.15) is 46.5 Å². The molecule has 0 radical (unpaired) electrons. The van der Waals surface area contributed by atoms with Crippen molar-refractivity contribution < 1.29 is 27.3 Å². The van der Waals surface area contributed by atoms with E-state index in [4.69, 9.17) is 4.18 Å². The van der Waals surface area contributed by atoms with Gasteiger partial charge in [-0.3, -0.25) is 13.8 Å². The molecule has 7 heteroatoms. The van der Waals surface area contributed by atoms with Crippen molar-refractivity contribution >= 4 is 21.7 Å². The largest absolute Gasteiger partial charge is 0.381 e. The second-order valence-corrected chi connectivity index (χ2v) is 11.6. The Morgan fingerprint density at radius 1 is 1.33 bits per heavy atom. The number of carbonyl (C=O) groups is 2. The first kappa shape index (κ1) is 21.7. The van der Waals surface area contributed by atoms with E-state index in [1.165, 1.54) is 5.57 Å². The highest BCUT2D eigenvalue weighted by Crippen LogP contribution is 2.66. The summed E-state index contributed by atoms with van der Waals surface area (Å²) in [7, 11) is -3.77. The summed E-state index contributed by atoms with van der Waals surface area (Å²) in [5, 5.41) is 11.7. The standard InChI is InChI=1S/C23H30O6S/c1-14-11-19-17-6-5-15-12-16(24)7-9-21(15,2)18(17)8-10-22(19,3)23(14,26)20(25)13-29-30(4,27)28/h7-9,12,14,17,19,26H,5-6,10-11,13H2,1-4H3/t14-,17-,19+,21+,22+,23+/m1/s1. The molecule has 0 heterocycles. The zero-order chi connectivity index (χ0) is 22.1. The van der Waals surface area contributed by atoms with Gasteiger partial charge >= 0.3 is 0 Å². The zero-order valence-corrected chi connectivity index (χ0v) is 18.8. The second kappa shape index (κ2) is 6.71. The van der Waals surface area contributed by atoms with Gasteiger partial charge in [0.05, 0.1) is 6.26 Å². The normalized spacial score (nSPS) is 42.7. The lowest BCUT2D eigenvalue weighted by atomic mass is 9.51. The highest BCUT2D eigenvalue weighted by atomic mass is 32.2. The number of allylic oxidation sites excluding steroid dienone is 6. The van der Waals surface area contributed by atoms with Crippen LogP contribution in [0.15, 0.2) is 35.5 Å². The summed E-state index contributed by atoms with van der Waals surface area (Å²) >= 11 is 0. The predicted molar refractivity (Wildman–Crippen MR) is 112 cm³/mol. The van der Waals surface area contributed by atoms with Crippen molar-refractivity contribution in [2.75, 3.05) is 12.9 Å². The van der Waals surface area contributed by atoms with Crippen LogP contribution in [0.4, 0.5) is 0 Å². The maximum absolute atomic E-state index is 13.1. The van der Waals surface area contributed by atoms with Gasteiger partial charge in [0.2, 0.25) is 0 Å². The lowest BCUT2D eigenvalue weighted by Crippen LogP contribution is -2.57. The van der Waals surface area contributed by atoms with Gasteiger partial charge in [0, 0.05) is 10.8 Å². The van der Waals surface area contributed by atoms with Crippen molar-refractivity contribution in [1.29, 1.82) is 0 Å². The van der Waals surface area contributed by atoms with E-state index in [0.717, 1.165) is 24.7 Å². The summed E-state index contributed by atoms with van der Waals surface area (Å²) in [6.45, 7) is 5.34. The molecule has 2 fully saturated rings. The van der Waals surface area contributed by atoms with Crippen molar-refractivity contribution in [3.8, 4) is 0 Å². The van der Waals surface area contributed by atoms with Crippen molar-refractivity contribution in [2.45, 2.75) is 52.1 Å². The third-order valence-electron chi connectivity index (χ3n) is 8.36. The SMILES string of the molecule is C[C@@H]1C[C@H]2[C@@H]3CCC4=CC(=O)C=C[C@]4(C)C3=CC[C@]2(C)[C@@]1(O)C(=O)COS(C)(=O)=O. The Hall–Kier alpha value is -1.57. The number of hydrogen-bond acceptors (Lipinski definition) is 6. The Morgan fingerprint density at radius 3 is 2.70 bits per heavy atom. The van der Waals surface area contributed by atoms with E-state index in [1.54, 1.807) is 12.2 Å². The van der Waals surface area contributed by atoms with Gasteiger partial charge in [-0.2, -0.15) is 8.42 Å². The predicted octanol–water partition coefficient (Wildman–Crippen LogP) is 2.74. The van der Waals surface area contributed by atoms with Crippen molar-refractivity contribution in [2.24, 2.45) is 28.6 Å². The van der Waals surface area contributed by atoms with Crippen LogP contribution < -0.4 is 0 Å². The van der Waals surface area contributed by atoms with Gasteiger partial charge in [-0.15, -0.1) is 0 Å². The average molecular weight is 435 g/mol. The summed E-state index contributed by atoms with van der Waals surface area (Å²) in [6.07, 6.45) is 11.4. The molecule has 2 saturated carbocycles. The molecule has 4 aliphatic rings. The fourth-order valence-corrected chi connectivity index (χ4v) is 7.05. The third kappa shape index (κ3) is 2.93. The van der Waals surface area contributed by atoms with E-state index < -0.39 is 33.5 Å². The Kier molecular flexibility index (Phi) is 4.84. The second-order valence-electron chi connectivity index (χ2n) is 9.93. The minimum atomic E-state index is -3.77. The van der Waals surface area contributed by atoms with E-state index in [9.17, 15) is 23.1 Å². The Morgan fingerprint density at radius 2 is 2.03 bits per heavy atom. The smallest absolute Gasteiger partial charge is 0.264 e. The van der Waals surface area contributed by atoms with Crippen LogP contribution in [0.2, 0.25) is 0 Å². The first-order chi connectivity index (χ1) is 13.8.